The summed E-state index contributed by atoms with van der Waals surface area (Å²) in [6.45, 7) is 8.93. The van der Waals surface area contributed by atoms with E-state index < -0.39 is 21.8 Å². The van der Waals surface area contributed by atoms with Gasteiger partial charge in [0.1, 0.15) is 17.4 Å². The number of carbonyl (C=O) groups excluding carboxylic acids is 2. The van der Waals surface area contributed by atoms with E-state index in [2.05, 4.69) is 76.4 Å². The number of ether oxygens (including phenoxy) is 1. The first-order chi connectivity index (χ1) is 30.8. The van der Waals surface area contributed by atoms with Crippen molar-refractivity contribution in [2.24, 2.45) is 5.92 Å². The number of piperidine rings is 3. The van der Waals surface area contributed by atoms with E-state index >= 15 is 4.39 Å². The van der Waals surface area contributed by atoms with Crippen LogP contribution in [-0.4, -0.2) is 102 Å². The zero-order valence-corrected chi connectivity index (χ0v) is 39.1. The highest BCUT2D eigenvalue weighted by Crippen LogP contribution is 2.40. The van der Waals surface area contributed by atoms with Crippen LogP contribution in [0, 0.1) is 18.7 Å². The van der Waals surface area contributed by atoms with E-state index in [0.717, 1.165) is 106 Å². The number of halogens is 2. The topological polar surface area (TPSA) is 173 Å². The Kier molecular flexibility index (Phi) is 14.2. The molecule has 4 aliphatic heterocycles. The fraction of sp³-hybridized carbons (Fsp3) is 0.478. The first-order valence-electron chi connectivity index (χ1n) is 22.3. The van der Waals surface area contributed by atoms with Gasteiger partial charge < -0.3 is 35.8 Å². The largest absolute Gasteiger partial charge is 0.494 e. The fourth-order valence-electron chi connectivity index (χ4n) is 9.49. The number of imide groups is 1. The summed E-state index contributed by atoms with van der Waals surface area (Å²) in [7, 11) is -1.78. The van der Waals surface area contributed by atoms with E-state index in [1.54, 1.807) is 25.4 Å². The Morgan fingerprint density at radius 2 is 1.69 bits per heavy atom. The average Bonchev–Trinajstić information content (AvgIpc) is 3.74. The highest BCUT2D eigenvalue weighted by molar-refractivity contribution is 9.10. The molecule has 1 atom stereocenters. The van der Waals surface area contributed by atoms with Crippen LogP contribution in [0.25, 0.3) is 0 Å². The van der Waals surface area contributed by atoms with Gasteiger partial charge in [0.25, 0.3) is 0 Å². The molecule has 5 heterocycles. The Bertz CT molecular complexity index is 2460. The third kappa shape index (κ3) is 10.6. The van der Waals surface area contributed by atoms with Crippen LogP contribution in [-0.2, 0) is 26.0 Å². The number of rotatable bonds is 16. The number of aromatic nitrogens is 2. The van der Waals surface area contributed by atoms with Crippen molar-refractivity contribution >= 4 is 78.0 Å². The van der Waals surface area contributed by atoms with Gasteiger partial charge >= 0.3 is 0 Å². The molecule has 3 fully saturated rings. The van der Waals surface area contributed by atoms with E-state index in [0.29, 0.717) is 70.3 Å². The van der Waals surface area contributed by atoms with Crippen LogP contribution in [0.4, 0.5) is 44.6 Å². The molecule has 0 saturated carbocycles. The van der Waals surface area contributed by atoms with Gasteiger partial charge in [-0.2, -0.15) is 4.98 Å². The zero-order valence-electron chi connectivity index (χ0n) is 36.7. The van der Waals surface area contributed by atoms with Crippen LogP contribution < -0.4 is 45.4 Å². The van der Waals surface area contributed by atoms with Gasteiger partial charge in [0.05, 0.1) is 40.8 Å². The lowest BCUT2D eigenvalue weighted by Gasteiger charge is -2.35. The number of nitrogens with zero attached hydrogens (tertiary/aromatic N) is 5. The molecule has 342 valence electrons. The molecule has 0 radical (unpaired) electrons. The van der Waals surface area contributed by atoms with Crippen molar-refractivity contribution in [2.45, 2.75) is 70.3 Å². The van der Waals surface area contributed by atoms with Crippen LogP contribution in [0.1, 0.15) is 67.6 Å². The molecule has 3 saturated heterocycles. The monoisotopic (exact) mass is 960 g/mol. The molecule has 4 aliphatic rings. The SMILES string of the molecule is COc1cc(N2CCC(NCCNCCC3CCN(c4ccc(C5CCC(=O)NC5=O)c(F)c4)CC3)CC2)c(C)cc1Nc1ncc(Br)c(Nc2cccc3c2N(S(C)(=O)=O)CC3)n1. The number of benzene rings is 3. The molecule has 2 amide bonds. The van der Waals surface area contributed by atoms with E-state index in [4.69, 9.17) is 9.72 Å². The zero-order chi connectivity index (χ0) is 45.0. The summed E-state index contributed by atoms with van der Waals surface area (Å²) < 4.78 is 48.1. The summed E-state index contributed by atoms with van der Waals surface area (Å²) in [6.07, 6.45) is 9.42. The third-order valence-corrected chi connectivity index (χ3v) is 14.7. The predicted octanol–water partition coefficient (Wildman–Crippen LogP) is 6.48. The maximum atomic E-state index is 15.1. The minimum absolute atomic E-state index is 0.232. The number of nitrogens with one attached hydrogen (secondary N) is 5. The van der Waals surface area contributed by atoms with E-state index in [9.17, 15) is 18.0 Å². The number of carbonyl (C=O) groups is 2. The number of hydrogen-bond acceptors (Lipinski definition) is 13. The Morgan fingerprint density at radius 3 is 2.42 bits per heavy atom. The third-order valence-electron chi connectivity index (χ3n) is 13.0. The smallest absolute Gasteiger partial charge is 0.234 e. The van der Waals surface area contributed by atoms with Gasteiger partial charge in [-0.05, 0) is 116 Å². The second kappa shape index (κ2) is 20.0. The molecule has 0 spiro atoms. The molecular formula is C46H58BrFN10O5S. The van der Waals surface area contributed by atoms with Gasteiger partial charge in [0.2, 0.25) is 27.8 Å². The first-order valence-corrected chi connectivity index (χ1v) is 24.9. The lowest BCUT2D eigenvalue weighted by molar-refractivity contribution is -0.134. The van der Waals surface area contributed by atoms with Gasteiger partial charge in [0, 0.05) is 87.5 Å². The van der Waals surface area contributed by atoms with Crippen molar-refractivity contribution in [1.82, 2.24) is 25.9 Å². The van der Waals surface area contributed by atoms with Gasteiger partial charge in [-0.3, -0.25) is 19.2 Å². The van der Waals surface area contributed by atoms with Crippen LogP contribution >= 0.6 is 15.9 Å². The van der Waals surface area contributed by atoms with Crippen molar-refractivity contribution in [3.05, 3.63) is 81.7 Å². The molecule has 0 aliphatic carbocycles. The van der Waals surface area contributed by atoms with Crippen LogP contribution in [0.15, 0.2) is 59.2 Å². The molecule has 1 unspecified atom stereocenters. The molecule has 4 aromatic rings. The summed E-state index contributed by atoms with van der Waals surface area (Å²) in [5.74, 6) is 0.449. The Hall–Kier alpha value is -5.04. The number of fused-ring (bicyclic) bond motifs is 1. The van der Waals surface area contributed by atoms with Crippen molar-refractivity contribution in [3.8, 4) is 5.75 Å². The van der Waals surface area contributed by atoms with Crippen LogP contribution in [0.2, 0.25) is 0 Å². The van der Waals surface area contributed by atoms with Crippen molar-refractivity contribution in [3.63, 3.8) is 0 Å². The Labute approximate surface area is 383 Å². The Balaban J connectivity index is 0.756. The van der Waals surface area contributed by atoms with Crippen molar-refractivity contribution in [1.29, 1.82) is 0 Å². The maximum Gasteiger partial charge on any atom is 0.234 e. The molecule has 3 aromatic carbocycles. The van der Waals surface area contributed by atoms with Gasteiger partial charge in [-0.1, -0.05) is 18.2 Å². The summed E-state index contributed by atoms with van der Waals surface area (Å²) in [5, 5.41) is 16.4. The lowest BCUT2D eigenvalue weighted by Crippen LogP contribution is -2.44. The molecule has 0 bridgehead atoms. The number of anilines is 7. The fourth-order valence-corrected chi connectivity index (χ4v) is 10.7. The molecular weight excluding hydrogens is 904 g/mol. The molecule has 18 heteroatoms. The molecule has 64 heavy (non-hydrogen) atoms. The maximum absolute atomic E-state index is 15.1. The summed E-state index contributed by atoms with van der Waals surface area (Å²) >= 11 is 3.56. The number of methoxy groups -OCH3 is 1. The number of hydrogen-bond donors (Lipinski definition) is 5. The minimum atomic E-state index is -3.44. The van der Waals surface area contributed by atoms with Crippen molar-refractivity contribution in [2.75, 3.05) is 90.5 Å². The van der Waals surface area contributed by atoms with Crippen molar-refractivity contribution < 1.29 is 27.1 Å². The van der Waals surface area contributed by atoms with E-state index in [1.807, 2.05) is 24.3 Å². The van der Waals surface area contributed by atoms with Gasteiger partial charge in [0.15, 0.2) is 0 Å². The highest BCUT2D eigenvalue weighted by Gasteiger charge is 2.32. The Morgan fingerprint density at radius 1 is 0.906 bits per heavy atom. The highest BCUT2D eigenvalue weighted by atomic mass is 79.9. The number of para-hydroxylation sites is 1. The normalized spacial score (nSPS) is 18.6. The molecule has 5 N–H and O–H groups in total. The standard InChI is InChI=1S/C46H58BrFN10O5S/c1-29-25-39(53-46-51-28-36(47)44(55-46)52-38-6-4-5-31-14-24-58(43(31)38)64(3,61)62)41(63-2)27-40(29)57-22-15-32(16-23-57)50-19-18-49-17-11-30-12-20-56(21-13-30)33-7-8-34(37(48)26-33)35-9-10-42(59)54-45(35)60/h4-8,25-28,30,32,35,49-50H,9-24H2,1-3H3,(H,54,59,60)(H2,51,52,53,55). The summed E-state index contributed by atoms with van der Waals surface area (Å²) in [4.78, 5) is 37.7. The summed E-state index contributed by atoms with van der Waals surface area (Å²) in [6, 6.07) is 15.5. The predicted molar refractivity (Wildman–Crippen MR) is 254 cm³/mol. The number of sulfonamides is 1. The second-order valence-electron chi connectivity index (χ2n) is 17.3. The van der Waals surface area contributed by atoms with Crippen LogP contribution in [0.5, 0.6) is 5.75 Å². The first kappa shape index (κ1) is 45.5. The molecule has 15 nitrogen and oxygen atoms in total. The van der Waals surface area contributed by atoms with Crippen LogP contribution in [0.3, 0.4) is 0 Å². The lowest BCUT2D eigenvalue weighted by atomic mass is 9.89. The molecule has 1 aromatic heterocycles. The van der Waals surface area contributed by atoms with E-state index in [-0.39, 0.29) is 18.1 Å². The number of aryl methyl sites for hydroxylation is 1. The second-order valence-corrected chi connectivity index (χ2v) is 20.0. The number of amides is 2. The average molecular weight is 962 g/mol. The minimum Gasteiger partial charge on any atom is -0.494 e. The quantitative estimate of drug-likeness (QED) is 0.0611. The van der Waals surface area contributed by atoms with Gasteiger partial charge in [-0.15, -0.1) is 0 Å². The van der Waals surface area contributed by atoms with Gasteiger partial charge in [-0.25, -0.2) is 17.8 Å². The molecule has 8 rings (SSSR count). The van der Waals surface area contributed by atoms with E-state index in [1.165, 1.54) is 10.6 Å². The summed E-state index contributed by atoms with van der Waals surface area (Å²) in [5.41, 5.74) is 6.44.